The first kappa shape index (κ1) is 27.0. The predicted molar refractivity (Wildman–Crippen MR) is 117 cm³/mol. The first-order valence-electron chi connectivity index (χ1n) is 10.4. The minimum Gasteiger partial charge on any atom is -0.463 e. The summed E-state index contributed by atoms with van der Waals surface area (Å²) in [5.41, 5.74) is 0.224. The van der Waals surface area contributed by atoms with E-state index < -0.39 is 18.0 Å². The molecular formula is C21H34N2O7S. The number of aliphatic hydroxyl groups excluding tert-OH is 1. The van der Waals surface area contributed by atoms with Gasteiger partial charge in [0.2, 0.25) is 11.8 Å². The lowest BCUT2D eigenvalue weighted by molar-refractivity contribution is -0.150. The molecule has 1 rings (SSSR count). The fraction of sp³-hybridized carbons (Fsp3) is 0.714. The highest BCUT2D eigenvalue weighted by Gasteiger charge is 2.29. The molecule has 0 spiro atoms. The second kappa shape index (κ2) is 14.1. The van der Waals surface area contributed by atoms with Gasteiger partial charge in [-0.05, 0) is 26.7 Å². The van der Waals surface area contributed by atoms with Gasteiger partial charge in [0, 0.05) is 49.1 Å². The van der Waals surface area contributed by atoms with Crippen molar-refractivity contribution in [3.05, 3.63) is 12.2 Å². The van der Waals surface area contributed by atoms with Gasteiger partial charge in [-0.3, -0.25) is 14.4 Å². The number of ether oxygens (including phenoxy) is 2. The van der Waals surface area contributed by atoms with Crippen LogP contribution < -0.4 is 5.32 Å². The molecule has 3 atom stereocenters. The van der Waals surface area contributed by atoms with Gasteiger partial charge >= 0.3 is 11.9 Å². The molecule has 1 fully saturated rings. The lowest BCUT2D eigenvalue weighted by Crippen LogP contribution is -2.43. The van der Waals surface area contributed by atoms with E-state index in [4.69, 9.17) is 9.47 Å². The third-order valence-corrected chi connectivity index (χ3v) is 5.69. The number of esters is 2. The van der Waals surface area contributed by atoms with E-state index in [-0.39, 0.29) is 49.1 Å². The van der Waals surface area contributed by atoms with Crippen LogP contribution in [0.25, 0.3) is 0 Å². The summed E-state index contributed by atoms with van der Waals surface area (Å²) in [6.07, 6.45) is 1.10. The third kappa shape index (κ3) is 11.2. The largest absolute Gasteiger partial charge is 0.463 e. The monoisotopic (exact) mass is 458 g/mol. The number of rotatable bonds is 14. The fourth-order valence-corrected chi connectivity index (χ4v) is 4.20. The van der Waals surface area contributed by atoms with Crippen LogP contribution in [0.3, 0.4) is 0 Å². The summed E-state index contributed by atoms with van der Waals surface area (Å²) in [7, 11) is 0. The zero-order valence-electron chi connectivity index (χ0n) is 18.6. The second-order valence-corrected chi connectivity index (χ2v) is 8.87. The van der Waals surface area contributed by atoms with Crippen LogP contribution >= 0.6 is 11.8 Å². The molecule has 176 valence electrons. The Balaban J connectivity index is 2.33. The Morgan fingerprint density at radius 1 is 1.26 bits per heavy atom. The fourth-order valence-electron chi connectivity index (χ4n) is 3.13. The minimum absolute atomic E-state index is 0.0114. The molecule has 2 N–H and O–H groups in total. The number of carbonyl (C=O) groups is 4. The summed E-state index contributed by atoms with van der Waals surface area (Å²) >= 11 is 1.54. The van der Waals surface area contributed by atoms with Crippen LogP contribution in [0.4, 0.5) is 0 Å². The maximum atomic E-state index is 12.1. The SMILES string of the molecule is C=C(C)C(=O)OCC(O)COC(=O)CCSCC(CC(C)NC(C)=O)N1CCCC1=O. The number of aliphatic hydroxyl groups is 1. The highest BCUT2D eigenvalue weighted by molar-refractivity contribution is 7.99. The number of amides is 2. The van der Waals surface area contributed by atoms with Crippen LogP contribution in [0, 0.1) is 0 Å². The molecule has 1 aliphatic rings. The van der Waals surface area contributed by atoms with Crippen molar-refractivity contribution >= 4 is 35.5 Å². The molecule has 1 aliphatic heterocycles. The number of thioether (sulfide) groups is 1. The number of nitrogens with one attached hydrogen (secondary N) is 1. The molecular weight excluding hydrogens is 424 g/mol. The number of carbonyl (C=O) groups excluding carboxylic acids is 4. The molecule has 10 heteroatoms. The van der Waals surface area contributed by atoms with Crippen LogP contribution in [-0.2, 0) is 28.7 Å². The van der Waals surface area contributed by atoms with Crippen molar-refractivity contribution < 1.29 is 33.8 Å². The lowest BCUT2D eigenvalue weighted by atomic mass is 10.1. The third-order valence-electron chi connectivity index (χ3n) is 4.58. The normalized spacial score (nSPS) is 16.4. The van der Waals surface area contributed by atoms with Crippen molar-refractivity contribution in [3.8, 4) is 0 Å². The summed E-state index contributed by atoms with van der Waals surface area (Å²) < 4.78 is 9.79. The van der Waals surface area contributed by atoms with Crippen molar-refractivity contribution in [1.82, 2.24) is 10.2 Å². The van der Waals surface area contributed by atoms with Gasteiger partial charge in [0.25, 0.3) is 0 Å². The maximum absolute atomic E-state index is 12.1. The molecule has 0 radical (unpaired) electrons. The van der Waals surface area contributed by atoms with E-state index in [0.717, 1.165) is 6.42 Å². The molecule has 0 aromatic heterocycles. The quantitative estimate of drug-likeness (QED) is 0.225. The van der Waals surface area contributed by atoms with Gasteiger partial charge < -0.3 is 24.8 Å². The maximum Gasteiger partial charge on any atom is 0.333 e. The molecule has 2 amide bonds. The Morgan fingerprint density at radius 2 is 1.94 bits per heavy atom. The van der Waals surface area contributed by atoms with E-state index in [1.807, 2.05) is 11.8 Å². The summed E-state index contributed by atoms with van der Waals surface area (Å²) in [6, 6.07) is -0.0652. The van der Waals surface area contributed by atoms with Gasteiger partial charge in [0.15, 0.2) is 0 Å². The van der Waals surface area contributed by atoms with E-state index >= 15 is 0 Å². The summed E-state index contributed by atoms with van der Waals surface area (Å²) in [4.78, 5) is 48.4. The first-order valence-corrected chi connectivity index (χ1v) is 11.6. The van der Waals surface area contributed by atoms with Crippen molar-refractivity contribution in [2.45, 2.75) is 64.6 Å². The van der Waals surface area contributed by atoms with Crippen molar-refractivity contribution in [1.29, 1.82) is 0 Å². The molecule has 9 nitrogen and oxygen atoms in total. The van der Waals surface area contributed by atoms with E-state index in [1.54, 1.807) is 11.8 Å². The molecule has 0 saturated carbocycles. The number of hydrogen-bond donors (Lipinski definition) is 2. The summed E-state index contributed by atoms with van der Waals surface area (Å²) in [6.45, 7) is 8.50. The molecule has 31 heavy (non-hydrogen) atoms. The van der Waals surface area contributed by atoms with E-state index in [1.165, 1.54) is 13.8 Å². The predicted octanol–water partition coefficient (Wildman–Crippen LogP) is 1.04. The molecule has 3 unspecified atom stereocenters. The van der Waals surface area contributed by atoms with Gasteiger partial charge in [-0.25, -0.2) is 4.79 Å². The Hall–Kier alpha value is -2.07. The topological polar surface area (TPSA) is 122 Å². The van der Waals surface area contributed by atoms with Crippen LogP contribution in [-0.4, -0.2) is 83.2 Å². The number of hydrogen-bond acceptors (Lipinski definition) is 8. The first-order chi connectivity index (χ1) is 14.6. The smallest absolute Gasteiger partial charge is 0.333 e. The highest BCUT2D eigenvalue weighted by atomic mass is 32.2. The molecule has 1 heterocycles. The van der Waals surface area contributed by atoms with E-state index in [0.29, 0.717) is 30.9 Å². The van der Waals surface area contributed by atoms with Gasteiger partial charge in [-0.1, -0.05) is 6.58 Å². The zero-order valence-corrected chi connectivity index (χ0v) is 19.4. The molecule has 0 bridgehead atoms. The van der Waals surface area contributed by atoms with Gasteiger partial charge in [0.1, 0.15) is 19.3 Å². The van der Waals surface area contributed by atoms with Crippen LogP contribution in [0.15, 0.2) is 12.2 Å². The molecule has 1 saturated heterocycles. The van der Waals surface area contributed by atoms with Crippen molar-refractivity contribution in [3.63, 3.8) is 0 Å². The van der Waals surface area contributed by atoms with Gasteiger partial charge in [-0.2, -0.15) is 11.8 Å². The Labute approximate surface area is 187 Å². The highest BCUT2D eigenvalue weighted by Crippen LogP contribution is 2.21. The Bertz CT molecular complexity index is 656. The van der Waals surface area contributed by atoms with Crippen LogP contribution in [0.2, 0.25) is 0 Å². The summed E-state index contributed by atoms with van der Waals surface area (Å²) in [5, 5.41) is 12.6. The van der Waals surface area contributed by atoms with Crippen LogP contribution in [0.1, 0.15) is 46.5 Å². The van der Waals surface area contributed by atoms with Crippen LogP contribution in [0.5, 0.6) is 0 Å². The Kier molecular flexibility index (Phi) is 12.2. The zero-order chi connectivity index (χ0) is 23.4. The number of nitrogens with zero attached hydrogens (tertiary/aromatic N) is 1. The average Bonchev–Trinajstić information content (AvgIpc) is 3.11. The van der Waals surface area contributed by atoms with Gasteiger partial charge in [0.05, 0.1) is 6.42 Å². The lowest BCUT2D eigenvalue weighted by Gasteiger charge is -2.30. The average molecular weight is 459 g/mol. The number of likely N-dealkylation sites (tertiary alicyclic amines) is 1. The van der Waals surface area contributed by atoms with E-state index in [2.05, 4.69) is 11.9 Å². The molecule has 0 aromatic rings. The van der Waals surface area contributed by atoms with Crippen molar-refractivity contribution in [2.75, 3.05) is 31.3 Å². The standard InChI is InChI=1S/C21H34N2O7S/c1-14(2)21(28)30-12-18(25)11-29-20(27)7-9-31-13-17(10-15(3)22-16(4)24)23-8-5-6-19(23)26/h15,17-18,25H,1,5-13H2,2-4H3,(H,22,24). The minimum atomic E-state index is -1.10. The molecule has 0 aliphatic carbocycles. The summed E-state index contributed by atoms with van der Waals surface area (Å²) in [5.74, 6) is 0.112. The Morgan fingerprint density at radius 3 is 2.52 bits per heavy atom. The van der Waals surface area contributed by atoms with Crippen molar-refractivity contribution in [2.24, 2.45) is 0 Å². The second-order valence-electron chi connectivity index (χ2n) is 7.72. The molecule has 0 aromatic carbocycles. The van der Waals surface area contributed by atoms with Gasteiger partial charge in [-0.15, -0.1) is 0 Å². The van der Waals surface area contributed by atoms with E-state index in [9.17, 15) is 24.3 Å².